The van der Waals surface area contributed by atoms with E-state index in [2.05, 4.69) is 44.2 Å². The second-order valence-corrected chi connectivity index (χ2v) is 11.0. The Morgan fingerprint density at radius 3 is 2.67 bits per heavy atom. The van der Waals surface area contributed by atoms with E-state index >= 15 is 0 Å². The van der Waals surface area contributed by atoms with Crippen LogP contribution in [0.2, 0.25) is 13.1 Å². The molecule has 1 amide bonds. The SMILES string of the molecule is C[SiH](C)OC[C@H]([C@H]1C(=O)N[C@@H]1SC(=O)c1cccnc1)C(C)(C)C. The van der Waals surface area contributed by atoms with Crippen molar-refractivity contribution in [2.75, 3.05) is 6.61 Å². The van der Waals surface area contributed by atoms with Gasteiger partial charge < -0.3 is 9.74 Å². The van der Waals surface area contributed by atoms with Crippen molar-refractivity contribution in [1.82, 2.24) is 10.3 Å². The number of carbonyl (C=O) groups excluding carboxylic acids is 2. The molecule has 0 spiro atoms. The molecule has 24 heavy (non-hydrogen) atoms. The molecule has 0 radical (unpaired) electrons. The first-order valence-corrected chi connectivity index (χ1v) is 11.9. The van der Waals surface area contributed by atoms with Crippen molar-refractivity contribution in [2.45, 2.75) is 39.2 Å². The van der Waals surface area contributed by atoms with Crippen molar-refractivity contribution >= 4 is 31.8 Å². The molecule has 7 heteroatoms. The van der Waals surface area contributed by atoms with Gasteiger partial charge >= 0.3 is 0 Å². The van der Waals surface area contributed by atoms with Gasteiger partial charge in [0.15, 0.2) is 9.04 Å². The Bertz CT molecular complexity index is 589. The molecule has 132 valence electrons. The second-order valence-electron chi connectivity index (χ2n) is 7.46. The number of pyridine rings is 1. The van der Waals surface area contributed by atoms with E-state index in [1.807, 2.05) is 0 Å². The van der Waals surface area contributed by atoms with Crippen LogP contribution < -0.4 is 5.32 Å². The maximum absolute atomic E-state index is 12.4. The van der Waals surface area contributed by atoms with Crippen molar-refractivity contribution in [1.29, 1.82) is 0 Å². The Hall–Kier alpha value is -1.18. The van der Waals surface area contributed by atoms with E-state index in [0.717, 1.165) is 0 Å². The average molecular weight is 367 g/mol. The lowest BCUT2D eigenvalue weighted by Gasteiger charge is -2.45. The molecule has 0 saturated carbocycles. The number of β-lactam (4-membered cyclic amide) rings is 1. The topological polar surface area (TPSA) is 68.3 Å². The largest absolute Gasteiger partial charge is 0.420 e. The van der Waals surface area contributed by atoms with Gasteiger partial charge in [-0.15, -0.1) is 0 Å². The van der Waals surface area contributed by atoms with E-state index < -0.39 is 9.04 Å². The van der Waals surface area contributed by atoms with Gasteiger partial charge in [0, 0.05) is 30.5 Å². The summed E-state index contributed by atoms with van der Waals surface area (Å²) in [6, 6.07) is 3.48. The molecule has 1 aliphatic heterocycles. The summed E-state index contributed by atoms with van der Waals surface area (Å²) in [5.74, 6) is -0.107. The smallest absolute Gasteiger partial charge is 0.227 e. The zero-order valence-electron chi connectivity index (χ0n) is 14.9. The molecule has 3 atom stereocenters. The van der Waals surface area contributed by atoms with Gasteiger partial charge in [0.2, 0.25) is 11.0 Å². The molecule has 0 aliphatic carbocycles. The van der Waals surface area contributed by atoms with Crippen LogP contribution in [0.3, 0.4) is 0 Å². The van der Waals surface area contributed by atoms with Gasteiger partial charge in [-0.1, -0.05) is 32.5 Å². The number of nitrogens with one attached hydrogen (secondary N) is 1. The minimum atomic E-state index is -1.16. The lowest BCUT2D eigenvalue weighted by molar-refractivity contribution is -0.138. The van der Waals surface area contributed by atoms with E-state index in [1.54, 1.807) is 24.5 Å². The fraction of sp³-hybridized carbons (Fsp3) is 0.588. The Morgan fingerprint density at radius 2 is 2.17 bits per heavy atom. The zero-order valence-corrected chi connectivity index (χ0v) is 16.9. The van der Waals surface area contributed by atoms with Crippen molar-refractivity contribution in [2.24, 2.45) is 17.3 Å². The predicted octanol–water partition coefficient (Wildman–Crippen LogP) is 2.69. The molecule has 1 fully saturated rings. The van der Waals surface area contributed by atoms with E-state index in [-0.39, 0.29) is 33.6 Å². The van der Waals surface area contributed by atoms with Gasteiger partial charge in [-0.2, -0.15) is 0 Å². The molecule has 2 rings (SSSR count). The highest BCUT2D eigenvalue weighted by atomic mass is 32.2. The van der Waals surface area contributed by atoms with E-state index in [1.165, 1.54) is 11.8 Å². The van der Waals surface area contributed by atoms with Crippen LogP contribution in [0.5, 0.6) is 0 Å². The fourth-order valence-corrected chi connectivity index (χ4v) is 4.43. The standard InChI is InChI=1S/C17H26N2O3SSi/c1-17(2,3)12(10-22-24(4)5)13-14(20)19-15(13)23-16(21)11-7-6-8-18-9-11/h6-9,12-13,15,24H,10H2,1-5H3,(H,19,20)/t12-,13+,15-/m1/s1. The van der Waals surface area contributed by atoms with Crippen LogP contribution in [0.4, 0.5) is 0 Å². The summed E-state index contributed by atoms with van der Waals surface area (Å²) in [7, 11) is -1.16. The molecule has 5 nitrogen and oxygen atoms in total. The second kappa shape index (κ2) is 7.80. The Kier molecular flexibility index (Phi) is 6.22. The van der Waals surface area contributed by atoms with Crippen molar-refractivity contribution in [3.8, 4) is 0 Å². The van der Waals surface area contributed by atoms with E-state index in [0.29, 0.717) is 12.2 Å². The van der Waals surface area contributed by atoms with Gasteiger partial charge in [-0.3, -0.25) is 14.6 Å². The summed E-state index contributed by atoms with van der Waals surface area (Å²) < 4.78 is 5.93. The number of nitrogens with zero attached hydrogens (tertiary/aromatic N) is 1. The summed E-state index contributed by atoms with van der Waals surface area (Å²) in [5.41, 5.74) is 0.488. The third-order valence-corrected chi connectivity index (χ3v) is 6.17. The van der Waals surface area contributed by atoms with Gasteiger partial charge in [-0.05, 0) is 30.6 Å². The average Bonchev–Trinajstić information content (AvgIpc) is 2.50. The lowest BCUT2D eigenvalue weighted by atomic mass is 9.71. The molecule has 0 bridgehead atoms. The van der Waals surface area contributed by atoms with Crippen LogP contribution in [-0.2, 0) is 9.22 Å². The van der Waals surface area contributed by atoms with Crippen molar-refractivity contribution < 1.29 is 14.0 Å². The monoisotopic (exact) mass is 366 g/mol. The van der Waals surface area contributed by atoms with Crippen molar-refractivity contribution in [3.05, 3.63) is 30.1 Å². The molecule has 2 heterocycles. The summed E-state index contributed by atoms with van der Waals surface area (Å²) in [6.45, 7) is 11.2. The molecule has 1 aromatic heterocycles. The number of hydrogen-bond acceptors (Lipinski definition) is 5. The highest BCUT2D eigenvalue weighted by molar-refractivity contribution is 8.14. The zero-order chi connectivity index (χ0) is 17.9. The lowest BCUT2D eigenvalue weighted by Crippen LogP contribution is -2.62. The Morgan fingerprint density at radius 1 is 1.46 bits per heavy atom. The summed E-state index contributed by atoms with van der Waals surface area (Å²) >= 11 is 1.17. The number of carbonyl (C=O) groups is 2. The molecule has 0 aromatic carbocycles. The Balaban J connectivity index is 2.08. The third-order valence-electron chi connectivity index (χ3n) is 4.20. The van der Waals surface area contributed by atoms with Crippen LogP contribution >= 0.6 is 11.8 Å². The molecule has 1 N–H and O–H groups in total. The summed E-state index contributed by atoms with van der Waals surface area (Å²) in [6.07, 6.45) is 3.19. The molecular formula is C17H26N2O3SSi. The number of hydrogen-bond donors (Lipinski definition) is 1. The predicted molar refractivity (Wildman–Crippen MR) is 99.4 cm³/mol. The minimum Gasteiger partial charge on any atom is -0.420 e. The minimum absolute atomic E-state index is 0.0143. The van der Waals surface area contributed by atoms with Crippen LogP contribution in [0.25, 0.3) is 0 Å². The van der Waals surface area contributed by atoms with Crippen LogP contribution in [0.1, 0.15) is 31.1 Å². The number of thioether (sulfide) groups is 1. The normalized spacial score (nSPS) is 22.0. The quantitative estimate of drug-likeness (QED) is 0.619. The molecule has 0 unspecified atom stereocenters. The van der Waals surface area contributed by atoms with Crippen molar-refractivity contribution in [3.63, 3.8) is 0 Å². The number of aromatic nitrogens is 1. The highest BCUT2D eigenvalue weighted by Gasteiger charge is 2.49. The third kappa shape index (κ3) is 4.68. The van der Waals surface area contributed by atoms with Crippen LogP contribution in [0, 0.1) is 17.3 Å². The van der Waals surface area contributed by atoms with E-state index in [4.69, 9.17) is 4.43 Å². The van der Waals surface area contributed by atoms with Gasteiger partial charge in [0.05, 0.1) is 11.3 Å². The molecule has 1 saturated heterocycles. The number of amides is 1. The maximum atomic E-state index is 12.4. The number of rotatable bonds is 6. The maximum Gasteiger partial charge on any atom is 0.227 e. The highest BCUT2D eigenvalue weighted by Crippen LogP contribution is 2.41. The van der Waals surface area contributed by atoms with Gasteiger partial charge in [0.25, 0.3) is 0 Å². The first-order chi connectivity index (χ1) is 11.2. The van der Waals surface area contributed by atoms with Crippen LogP contribution in [0.15, 0.2) is 24.5 Å². The molecule has 1 aliphatic rings. The van der Waals surface area contributed by atoms with Gasteiger partial charge in [0.1, 0.15) is 0 Å². The molecule has 1 aromatic rings. The van der Waals surface area contributed by atoms with Crippen LogP contribution in [-0.4, -0.2) is 37.0 Å². The first-order valence-electron chi connectivity index (χ1n) is 8.23. The molecular weight excluding hydrogens is 340 g/mol. The fourth-order valence-electron chi connectivity index (χ4n) is 2.72. The Labute approximate surface area is 149 Å². The van der Waals surface area contributed by atoms with Gasteiger partial charge in [-0.25, -0.2) is 0 Å². The summed E-state index contributed by atoms with van der Waals surface area (Å²) in [5, 5.41) is 2.61. The first kappa shape index (κ1) is 19.1. The van der Waals surface area contributed by atoms with E-state index in [9.17, 15) is 9.59 Å². The summed E-state index contributed by atoms with van der Waals surface area (Å²) in [4.78, 5) is 28.6.